The van der Waals surface area contributed by atoms with Crippen molar-refractivity contribution in [2.24, 2.45) is 0 Å². The molecule has 0 aliphatic rings. The van der Waals surface area contributed by atoms with Crippen molar-refractivity contribution in [1.29, 1.82) is 0 Å². The molecule has 1 aromatic rings. The second-order valence-electron chi connectivity index (χ2n) is 5.05. The summed E-state index contributed by atoms with van der Waals surface area (Å²) in [6, 6.07) is 5.58. The van der Waals surface area contributed by atoms with Crippen LogP contribution in [0.25, 0.3) is 0 Å². The Morgan fingerprint density at radius 1 is 1.35 bits per heavy atom. The minimum Gasteiger partial charge on any atom is -0.496 e. The zero-order valence-electron chi connectivity index (χ0n) is 12.8. The fourth-order valence-electron chi connectivity index (χ4n) is 2.16. The van der Waals surface area contributed by atoms with Crippen LogP contribution in [0.2, 0.25) is 0 Å². The first-order valence-electron chi connectivity index (χ1n) is 6.95. The van der Waals surface area contributed by atoms with Crippen molar-refractivity contribution in [3.05, 3.63) is 29.3 Å². The maximum Gasteiger partial charge on any atom is 0.152 e. The van der Waals surface area contributed by atoms with E-state index < -0.39 is 9.84 Å². The van der Waals surface area contributed by atoms with Crippen molar-refractivity contribution < 1.29 is 13.2 Å². The number of nitrogens with one attached hydrogen (secondary N) is 1. The summed E-state index contributed by atoms with van der Waals surface area (Å²) in [4.78, 5) is 0. The van der Waals surface area contributed by atoms with Crippen LogP contribution in [0.4, 0.5) is 0 Å². The number of aryl methyl sites for hydroxylation is 1. The Morgan fingerprint density at radius 2 is 2.05 bits per heavy atom. The SMILES string of the molecule is CCCCS(=O)(=O)CC(NC)c1cc(C)ccc1OC. The largest absolute Gasteiger partial charge is 0.496 e. The van der Waals surface area contributed by atoms with Gasteiger partial charge in [0.25, 0.3) is 0 Å². The fourth-order valence-corrected chi connectivity index (χ4v) is 3.91. The van der Waals surface area contributed by atoms with Crippen LogP contribution in [0.1, 0.15) is 36.9 Å². The minimum absolute atomic E-state index is 0.101. The van der Waals surface area contributed by atoms with Gasteiger partial charge >= 0.3 is 0 Å². The van der Waals surface area contributed by atoms with E-state index in [0.29, 0.717) is 6.42 Å². The lowest BCUT2D eigenvalue weighted by atomic mass is 10.0. The Morgan fingerprint density at radius 3 is 2.60 bits per heavy atom. The van der Waals surface area contributed by atoms with Gasteiger partial charge in [-0.3, -0.25) is 0 Å². The van der Waals surface area contributed by atoms with E-state index >= 15 is 0 Å². The maximum absolute atomic E-state index is 12.1. The molecule has 1 rings (SSSR count). The molecule has 0 aliphatic carbocycles. The summed E-state index contributed by atoms with van der Waals surface area (Å²) in [5, 5.41) is 3.09. The summed E-state index contributed by atoms with van der Waals surface area (Å²) in [5.74, 6) is 1.07. The predicted octanol–water partition coefficient (Wildman–Crippen LogP) is 2.48. The number of sulfone groups is 1. The van der Waals surface area contributed by atoms with Gasteiger partial charge in [-0.25, -0.2) is 8.42 Å². The number of hydrogen-bond donors (Lipinski definition) is 1. The molecule has 0 spiro atoms. The third-order valence-electron chi connectivity index (χ3n) is 3.34. The molecule has 5 heteroatoms. The van der Waals surface area contributed by atoms with Gasteiger partial charge in [-0.15, -0.1) is 0 Å². The molecular weight excluding hydrogens is 274 g/mol. The molecular formula is C15H25NO3S. The first kappa shape index (κ1) is 17.0. The summed E-state index contributed by atoms with van der Waals surface area (Å²) in [7, 11) is 0.324. The normalized spacial score (nSPS) is 13.2. The van der Waals surface area contributed by atoms with Gasteiger partial charge in [0.1, 0.15) is 5.75 Å². The number of hydrogen-bond acceptors (Lipinski definition) is 4. The summed E-state index contributed by atoms with van der Waals surface area (Å²) in [6.45, 7) is 3.98. The van der Waals surface area contributed by atoms with Crippen LogP contribution in [0.5, 0.6) is 5.75 Å². The van der Waals surface area contributed by atoms with E-state index in [1.54, 1.807) is 14.2 Å². The Hall–Kier alpha value is -1.07. The van der Waals surface area contributed by atoms with Gasteiger partial charge in [0.05, 0.1) is 18.6 Å². The molecule has 20 heavy (non-hydrogen) atoms. The summed E-state index contributed by atoms with van der Waals surface area (Å²) < 4.78 is 29.6. The van der Waals surface area contributed by atoms with E-state index in [2.05, 4.69) is 5.32 Å². The van der Waals surface area contributed by atoms with Crippen molar-refractivity contribution in [3.8, 4) is 5.75 Å². The van der Waals surface area contributed by atoms with Crippen molar-refractivity contribution in [2.45, 2.75) is 32.7 Å². The van der Waals surface area contributed by atoms with Crippen LogP contribution in [0.15, 0.2) is 18.2 Å². The van der Waals surface area contributed by atoms with Crippen LogP contribution in [-0.4, -0.2) is 34.1 Å². The van der Waals surface area contributed by atoms with Gasteiger partial charge in [0, 0.05) is 11.6 Å². The lowest BCUT2D eigenvalue weighted by Crippen LogP contribution is -2.27. The Bertz CT molecular complexity index is 526. The van der Waals surface area contributed by atoms with Gasteiger partial charge in [0.15, 0.2) is 9.84 Å². The van der Waals surface area contributed by atoms with Gasteiger partial charge in [-0.2, -0.15) is 0 Å². The molecule has 1 aromatic carbocycles. The van der Waals surface area contributed by atoms with E-state index in [1.165, 1.54) is 0 Å². The van der Waals surface area contributed by atoms with E-state index in [1.807, 2.05) is 32.0 Å². The molecule has 0 saturated carbocycles. The Labute approximate surface area is 122 Å². The van der Waals surface area contributed by atoms with Crippen LogP contribution >= 0.6 is 0 Å². The number of ether oxygens (including phenoxy) is 1. The zero-order valence-corrected chi connectivity index (χ0v) is 13.6. The Balaban J connectivity index is 2.99. The van der Waals surface area contributed by atoms with Crippen molar-refractivity contribution in [2.75, 3.05) is 25.7 Å². The fraction of sp³-hybridized carbons (Fsp3) is 0.600. The number of rotatable bonds is 8. The molecule has 0 fully saturated rings. The third-order valence-corrected chi connectivity index (χ3v) is 5.09. The van der Waals surface area contributed by atoms with Gasteiger partial charge in [-0.05, 0) is 26.5 Å². The van der Waals surface area contributed by atoms with E-state index in [-0.39, 0.29) is 17.5 Å². The van der Waals surface area contributed by atoms with Crippen LogP contribution in [-0.2, 0) is 9.84 Å². The highest BCUT2D eigenvalue weighted by molar-refractivity contribution is 7.91. The van der Waals surface area contributed by atoms with Gasteiger partial charge < -0.3 is 10.1 Å². The smallest absolute Gasteiger partial charge is 0.152 e. The third kappa shape index (κ3) is 4.80. The van der Waals surface area contributed by atoms with Crippen LogP contribution in [0, 0.1) is 6.92 Å². The average Bonchev–Trinajstić information content (AvgIpc) is 2.42. The van der Waals surface area contributed by atoms with Crippen molar-refractivity contribution in [3.63, 3.8) is 0 Å². The first-order chi connectivity index (χ1) is 9.43. The highest BCUT2D eigenvalue weighted by Gasteiger charge is 2.22. The summed E-state index contributed by atoms with van der Waals surface area (Å²) in [5.41, 5.74) is 1.99. The van der Waals surface area contributed by atoms with Gasteiger partial charge in [0.2, 0.25) is 0 Å². The molecule has 1 atom stereocenters. The molecule has 0 bridgehead atoms. The lowest BCUT2D eigenvalue weighted by molar-refractivity contribution is 0.403. The highest BCUT2D eigenvalue weighted by atomic mass is 32.2. The van der Waals surface area contributed by atoms with Gasteiger partial charge in [-0.1, -0.05) is 31.0 Å². The van der Waals surface area contributed by atoms with Crippen LogP contribution in [0.3, 0.4) is 0 Å². The lowest BCUT2D eigenvalue weighted by Gasteiger charge is -2.20. The Kier molecular flexibility index (Phi) is 6.49. The summed E-state index contributed by atoms with van der Waals surface area (Å²) in [6.07, 6.45) is 1.60. The molecule has 114 valence electrons. The molecule has 0 radical (unpaired) electrons. The monoisotopic (exact) mass is 299 g/mol. The van der Waals surface area contributed by atoms with E-state index in [0.717, 1.165) is 23.3 Å². The average molecular weight is 299 g/mol. The molecule has 0 aliphatic heterocycles. The number of benzene rings is 1. The molecule has 0 heterocycles. The van der Waals surface area contributed by atoms with E-state index in [4.69, 9.17) is 4.74 Å². The molecule has 1 N–H and O–H groups in total. The molecule has 0 saturated heterocycles. The molecule has 0 amide bonds. The quantitative estimate of drug-likeness (QED) is 0.801. The predicted molar refractivity (Wildman–Crippen MR) is 83.1 cm³/mol. The van der Waals surface area contributed by atoms with E-state index in [9.17, 15) is 8.42 Å². The molecule has 4 nitrogen and oxygen atoms in total. The summed E-state index contributed by atoms with van der Waals surface area (Å²) >= 11 is 0. The second kappa shape index (κ2) is 7.64. The highest BCUT2D eigenvalue weighted by Crippen LogP contribution is 2.27. The minimum atomic E-state index is -3.06. The number of unbranched alkanes of at least 4 members (excludes halogenated alkanes) is 1. The first-order valence-corrected chi connectivity index (χ1v) is 8.78. The zero-order chi connectivity index (χ0) is 15.2. The van der Waals surface area contributed by atoms with Crippen molar-refractivity contribution in [1.82, 2.24) is 5.32 Å². The molecule has 0 aromatic heterocycles. The number of methoxy groups -OCH3 is 1. The second-order valence-corrected chi connectivity index (χ2v) is 7.28. The maximum atomic E-state index is 12.1. The topological polar surface area (TPSA) is 55.4 Å². The van der Waals surface area contributed by atoms with Crippen LogP contribution < -0.4 is 10.1 Å². The molecule has 1 unspecified atom stereocenters. The van der Waals surface area contributed by atoms with Crippen molar-refractivity contribution >= 4 is 9.84 Å². The standard InChI is InChI=1S/C15H25NO3S/c1-5-6-9-20(17,18)11-14(16-3)13-10-12(2)7-8-15(13)19-4/h7-8,10,14,16H,5-6,9,11H2,1-4H3.